The first-order valence-corrected chi connectivity index (χ1v) is 11.7. The van der Waals surface area contributed by atoms with Crippen LogP contribution in [0.25, 0.3) is 0 Å². The lowest BCUT2D eigenvalue weighted by molar-refractivity contribution is -0.130. The Morgan fingerprint density at radius 3 is 1.91 bits per heavy atom. The molecular formula is C29H44O3. The average Bonchev–Trinajstić information content (AvgIpc) is 2.58. The van der Waals surface area contributed by atoms with Gasteiger partial charge in [0, 0.05) is 11.5 Å². The van der Waals surface area contributed by atoms with E-state index >= 15 is 0 Å². The third-order valence-corrected chi connectivity index (χ3v) is 6.56. The molecule has 3 nitrogen and oxygen atoms in total. The standard InChI is InChI=1S/C29H44O3/c1-25(2,3)20-13-14-22(21(18-20)26(4,5)6)32-24(30)19-15-16-29(31,28(10,11)12)23(17-19)27(7,8)9/h13-18,23,31H,1-12H3. The highest BCUT2D eigenvalue weighted by molar-refractivity contribution is 5.93. The number of benzene rings is 1. The lowest BCUT2D eigenvalue weighted by atomic mass is 9.59. The van der Waals surface area contributed by atoms with Gasteiger partial charge in [-0.3, -0.25) is 0 Å². The van der Waals surface area contributed by atoms with Gasteiger partial charge in [0.15, 0.2) is 0 Å². The van der Waals surface area contributed by atoms with Crippen molar-refractivity contribution in [1.82, 2.24) is 0 Å². The van der Waals surface area contributed by atoms with E-state index in [1.807, 2.05) is 39.0 Å². The molecule has 0 amide bonds. The highest BCUT2D eigenvalue weighted by Gasteiger charge is 2.50. The molecule has 2 unspecified atom stereocenters. The largest absolute Gasteiger partial charge is 0.423 e. The van der Waals surface area contributed by atoms with Crippen LogP contribution in [0.15, 0.2) is 42.0 Å². The summed E-state index contributed by atoms with van der Waals surface area (Å²) in [6.07, 6.45) is 5.40. The van der Waals surface area contributed by atoms with Crippen molar-refractivity contribution in [2.24, 2.45) is 16.7 Å². The fourth-order valence-corrected chi connectivity index (χ4v) is 4.28. The molecule has 1 N–H and O–H groups in total. The van der Waals surface area contributed by atoms with Gasteiger partial charge in [-0.2, -0.15) is 0 Å². The summed E-state index contributed by atoms with van der Waals surface area (Å²) in [5.74, 6) is -0.0258. The second-order valence-corrected chi connectivity index (χ2v) is 13.5. The highest BCUT2D eigenvalue weighted by Crippen LogP contribution is 2.48. The van der Waals surface area contributed by atoms with Gasteiger partial charge in [-0.25, -0.2) is 4.79 Å². The van der Waals surface area contributed by atoms with Gasteiger partial charge in [-0.15, -0.1) is 0 Å². The molecule has 0 spiro atoms. The average molecular weight is 441 g/mol. The summed E-state index contributed by atoms with van der Waals surface area (Å²) in [5.41, 5.74) is 0.874. The third kappa shape index (κ3) is 5.36. The van der Waals surface area contributed by atoms with Crippen LogP contribution in [0.3, 0.4) is 0 Å². The van der Waals surface area contributed by atoms with E-state index < -0.39 is 5.60 Å². The first-order chi connectivity index (χ1) is 14.2. The Bertz CT molecular complexity index is 921. The molecule has 3 heteroatoms. The van der Waals surface area contributed by atoms with E-state index in [2.05, 4.69) is 68.4 Å². The van der Waals surface area contributed by atoms with E-state index in [0.29, 0.717) is 11.3 Å². The molecule has 0 saturated carbocycles. The molecule has 1 aromatic carbocycles. The van der Waals surface area contributed by atoms with Crippen LogP contribution in [-0.4, -0.2) is 16.7 Å². The lowest BCUT2D eigenvalue weighted by Crippen LogP contribution is -2.52. The number of aliphatic hydroxyl groups is 1. The molecule has 2 rings (SSSR count). The minimum Gasteiger partial charge on any atom is -0.423 e. The predicted molar refractivity (Wildman–Crippen MR) is 134 cm³/mol. The second-order valence-electron chi connectivity index (χ2n) is 13.5. The molecule has 1 aliphatic rings. The van der Waals surface area contributed by atoms with E-state index in [1.54, 1.807) is 12.2 Å². The van der Waals surface area contributed by atoms with Crippen molar-refractivity contribution in [1.29, 1.82) is 0 Å². The highest BCUT2D eigenvalue weighted by atomic mass is 16.5. The maximum absolute atomic E-state index is 13.2. The van der Waals surface area contributed by atoms with Crippen LogP contribution in [-0.2, 0) is 15.6 Å². The molecule has 0 fully saturated rings. The van der Waals surface area contributed by atoms with E-state index in [0.717, 1.165) is 5.56 Å². The van der Waals surface area contributed by atoms with E-state index in [-0.39, 0.29) is 33.5 Å². The van der Waals surface area contributed by atoms with Crippen molar-refractivity contribution in [2.75, 3.05) is 0 Å². The Labute approximate surface area is 196 Å². The van der Waals surface area contributed by atoms with Crippen LogP contribution in [0.2, 0.25) is 0 Å². The molecule has 0 aliphatic heterocycles. The Kier molecular flexibility index (Phi) is 6.73. The van der Waals surface area contributed by atoms with Crippen LogP contribution in [0.5, 0.6) is 5.75 Å². The zero-order valence-electron chi connectivity index (χ0n) is 22.3. The van der Waals surface area contributed by atoms with Gasteiger partial charge in [-0.05, 0) is 39.4 Å². The molecule has 0 saturated heterocycles. The summed E-state index contributed by atoms with van der Waals surface area (Å²) in [7, 11) is 0. The summed E-state index contributed by atoms with van der Waals surface area (Å²) in [4.78, 5) is 13.2. The number of ether oxygens (including phenoxy) is 1. The van der Waals surface area contributed by atoms with Gasteiger partial charge in [0.2, 0.25) is 0 Å². The zero-order chi connectivity index (χ0) is 24.9. The van der Waals surface area contributed by atoms with Gasteiger partial charge in [0.05, 0.1) is 11.2 Å². The second kappa shape index (κ2) is 8.17. The van der Waals surface area contributed by atoms with Gasteiger partial charge < -0.3 is 9.84 Å². The molecule has 0 bridgehead atoms. The number of rotatable bonds is 2. The minimum atomic E-state index is -1.06. The smallest absolute Gasteiger partial charge is 0.343 e. The Morgan fingerprint density at radius 2 is 1.47 bits per heavy atom. The van der Waals surface area contributed by atoms with Crippen molar-refractivity contribution < 1.29 is 14.6 Å². The monoisotopic (exact) mass is 440 g/mol. The fraction of sp³-hybridized carbons (Fsp3) is 0.621. The first kappa shape index (κ1) is 26.4. The van der Waals surface area contributed by atoms with Gasteiger partial charge >= 0.3 is 5.97 Å². The SMILES string of the molecule is CC(C)(C)c1ccc(OC(=O)C2=CC(C(C)(C)C)C(O)(C(C)(C)C)C=C2)c(C(C)(C)C)c1. The maximum Gasteiger partial charge on any atom is 0.343 e. The molecule has 2 atom stereocenters. The van der Waals surface area contributed by atoms with Crippen LogP contribution >= 0.6 is 0 Å². The summed E-state index contributed by atoms with van der Waals surface area (Å²) >= 11 is 0. The van der Waals surface area contributed by atoms with Crippen LogP contribution in [0, 0.1) is 16.7 Å². The Morgan fingerprint density at radius 1 is 0.906 bits per heavy atom. The van der Waals surface area contributed by atoms with E-state index in [4.69, 9.17) is 4.74 Å². The number of carbonyl (C=O) groups is 1. The number of hydrogen-bond acceptors (Lipinski definition) is 3. The fourth-order valence-electron chi connectivity index (χ4n) is 4.28. The van der Waals surface area contributed by atoms with Crippen molar-refractivity contribution in [3.05, 3.63) is 53.1 Å². The molecule has 0 heterocycles. The van der Waals surface area contributed by atoms with Crippen molar-refractivity contribution >= 4 is 5.97 Å². The predicted octanol–water partition coefficient (Wildman–Crippen LogP) is 7.12. The summed E-state index contributed by atoms with van der Waals surface area (Å²) in [6, 6.07) is 6.11. The van der Waals surface area contributed by atoms with Crippen LogP contribution in [0.1, 0.15) is 94.2 Å². The molecular weight excluding hydrogens is 396 g/mol. The van der Waals surface area contributed by atoms with Gasteiger partial charge in [-0.1, -0.05) is 107 Å². The molecule has 1 aliphatic carbocycles. The lowest BCUT2D eigenvalue weighted by Gasteiger charge is -2.49. The first-order valence-electron chi connectivity index (χ1n) is 11.7. The summed E-state index contributed by atoms with van der Waals surface area (Å²) < 4.78 is 5.95. The molecule has 1 aromatic rings. The normalized spacial score (nSPS) is 22.5. The maximum atomic E-state index is 13.2. The zero-order valence-corrected chi connectivity index (χ0v) is 22.3. The number of carbonyl (C=O) groups excluding carboxylic acids is 1. The van der Waals surface area contributed by atoms with E-state index in [1.165, 1.54) is 5.56 Å². The molecule has 0 radical (unpaired) electrons. The summed E-state index contributed by atoms with van der Waals surface area (Å²) in [6.45, 7) is 25.3. The van der Waals surface area contributed by atoms with Crippen LogP contribution < -0.4 is 4.74 Å². The minimum absolute atomic E-state index is 0.00845. The molecule has 0 aromatic heterocycles. The van der Waals surface area contributed by atoms with Gasteiger partial charge in [0.1, 0.15) is 5.75 Å². The number of hydrogen-bond donors (Lipinski definition) is 1. The quantitative estimate of drug-likeness (QED) is 0.393. The van der Waals surface area contributed by atoms with Crippen molar-refractivity contribution in [3.8, 4) is 5.75 Å². The van der Waals surface area contributed by atoms with Crippen LogP contribution in [0.4, 0.5) is 0 Å². The third-order valence-electron chi connectivity index (χ3n) is 6.56. The molecule has 32 heavy (non-hydrogen) atoms. The van der Waals surface area contributed by atoms with Crippen molar-refractivity contribution in [2.45, 2.75) is 99.5 Å². The molecule has 178 valence electrons. The Balaban J connectivity index is 2.46. The number of esters is 1. The Hall–Kier alpha value is -1.87. The topological polar surface area (TPSA) is 46.5 Å². The van der Waals surface area contributed by atoms with E-state index in [9.17, 15) is 9.90 Å². The van der Waals surface area contributed by atoms with Gasteiger partial charge in [0.25, 0.3) is 0 Å². The summed E-state index contributed by atoms with van der Waals surface area (Å²) in [5, 5.41) is 11.6. The van der Waals surface area contributed by atoms with Crippen molar-refractivity contribution in [3.63, 3.8) is 0 Å².